The molecule has 1 N–H and O–H groups in total. The number of carbonyl (C=O) groups is 1. The number of imidazole rings is 1. The van der Waals surface area contributed by atoms with E-state index in [2.05, 4.69) is 10.1 Å². The highest BCUT2D eigenvalue weighted by atomic mass is 35.5. The lowest BCUT2D eigenvalue weighted by atomic mass is 10.2. The first-order valence-electron chi connectivity index (χ1n) is 7.00. The quantitative estimate of drug-likeness (QED) is 0.764. The number of hydrogen-bond donors (Lipinski definition) is 1. The Morgan fingerprint density at radius 3 is 2.74 bits per heavy atom. The molecule has 2 heterocycles. The predicted molar refractivity (Wildman–Crippen MR) is 91.4 cm³/mol. The Hall–Kier alpha value is -2.12. The van der Waals surface area contributed by atoms with Crippen molar-refractivity contribution in [1.82, 2.24) is 14.6 Å². The lowest BCUT2D eigenvalue weighted by molar-refractivity contribution is -0.140. The van der Waals surface area contributed by atoms with Crippen LogP contribution in [0.3, 0.4) is 0 Å². The van der Waals surface area contributed by atoms with Gasteiger partial charge in [-0.15, -0.1) is 5.10 Å². The first kappa shape index (κ1) is 15.8. The van der Waals surface area contributed by atoms with Gasteiger partial charge in [-0.3, -0.25) is 4.79 Å². The number of halogens is 1. The lowest BCUT2D eigenvalue weighted by Gasteiger charge is -2.17. The van der Waals surface area contributed by atoms with Gasteiger partial charge in [0.2, 0.25) is 10.1 Å². The van der Waals surface area contributed by atoms with Crippen LogP contribution in [0.4, 0.5) is 5.13 Å². The third kappa shape index (κ3) is 3.30. The Morgan fingerprint density at radius 1 is 1.43 bits per heavy atom. The average molecular weight is 351 g/mol. The monoisotopic (exact) mass is 350 g/mol. The van der Waals surface area contributed by atoms with Gasteiger partial charge in [0.1, 0.15) is 0 Å². The van der Waals surface area contributed by atoms with Gasteiger partial charge in [-0.05, 0) is 12.1 Å². The Kier molecular flexibility index (Phi) is 4.23. The van der Waals surface area contributed by atoms with Crippen LogP contribution in [-0.4, -0.2) is 39.3 Å². The molecule has 0 spiro atoms. The molecule has 0 saturated heterocycles. The number of benzene rings is 1. The van der Waals surface area contributed by atoms with Crippen molar-refractivity contribution < 1.29 is 9.90 Å². The van der Waals surface area contributed by atoms with E-state index in [0.717, 1.165) is 21.3 Å². The number of anilines is 1. The summed E-state index contributed by atoms with van der Waals surface area (Å²) in [5, 5.41) is 14.9. The summed E-state index contributed by atoms with van der Waals surface area (Å²) in [5.74, 6) is -1.27. The van der Waals surface area contributed by atoms with E-state index in [0.29, 0.717) is 11.6 Å². The topological polar surface area (TPSA) is 70.7 Å². The van der Waals surface area contributed by atoms with Gasteiger partial charge in [0.25, 0.3) is 0 Å². The standard InChI is InChI=1S/C15H15ClN4O2S/c1-9(13(21)22)7-19(2)15-18-20-8-12(17-14(20)23-15)10-3-5-11(16)6-4-10/h3-6,8-9H,7H2,1-2H3,(H,21,22). The van der Waals surface area contributed by atoms with Crippen LogP contribution in [0.25, 0.3) is 16.2 Å². The van der Waals surface area contributed by atoms with E-state index in [4.69, 9.17) is 16.7 Å². The molecule has 6 nitrogen and oxygen atoms in total. The molecule has 0 amide bonds. The number of hydrogen-bond acceptors (Lipinski definition) is 5. The zero-order valence-electron chi connectivity index (χ0n) is 12.6. The normalized spacial score (nSPS) is 12.5. The van der Waals surface area contributed by atoms with Gasteiger partial charge in [0.05, 0.1) is 17.8 Å². The molecule has 3 aromatic rings. The maximum atomic E-state index is 10.9. The number of aromatic nitrogens is 3. The van der Waals surface area contributed by atoms with E-state index < -0.39 is 11.9 Å². The molecule has 0 aliphatic rings. The second kappa shape index (κ2) is 6.17. The molecule has 3 rings (SSSR count). The van der Waals surface area contributed by atoms with Gasteiger partial charge in [-0.25, -0.2) is 9.50 Å². The summed E-state index contributed by atoms with van der Waals surface area (Å²) in [5.41, 5.74) is 1.80. The minimum Gasteiger partial charge on any atom is -0.481 e. The van der Waals surface area contributed by atoms with Gasteiger partial charge >= 0.3 is 5.97 Å². The molecule has 0 fully saturated rings. The molecular weight excluding hydrogens is 336 g/mol. The summed E-state index contributed by atoms with van der Waals surface area (Å²) in [4.78, 5) is 18.1. The molecule has 2 aromatic heterocycles. The smallest absolute Gasteiger partial charge is 0.308 e. The summed E-state index contributed by atoms with van der Waals surface area (Å²) in [6.45, 7) is 2.08. The SMILES string of the molecule is CC(CN(C)c1nn2cc(-c3ccc(Cl)cc3)nc2s1)C(=O)O. The van der Waals surface area contributed by atoms with Crippen molar-refractivity contribution in [3.05, 3.63) is 35.5 Å². The third-order valence-corrected chi connectivity index (χ3v) is 4.76. The lowest BCUT2D eigenvalue weighted by Crippen LogP contribution is -2.28. The Bertz CT molecular complexity index is 811. The van der Waals surface area contributed by atoms with Crippen LogP contribution in [0.2, 0.25) is 5.02 Å². The summed E-state index contributed by atoms with van der Waals surface area (Å²) in [6.07, 6.45) is 1.85. The van der Waals surface area contributed by atoms with Crippen molar-refractivity contribution in [3.63, 3.8) is 0 Å². The molecule has 0 radical (unpaired) electrons. The number of rotatable bonds is 5. The van der Waals surface area contributed by atoms with Gasteiger partial charge in [-0.2, -0.15) is 0 Å². The molecule has 0 bridgehead atoms. The van der Waals surface area contributed by atoms with Crippen molar-refractivity contribution in [2.24, 2.45) is 5.92 Å². The van der Waals surface area contributed by atoms with Crippen molar-refractivity contribution in [2.75, 3.05) is 18.5 Å². The number of aliphatic carboxylic acids is 1. The van der Waals surface area contributed by atoms with Gasteiger partial charge < -0.3 is 10.0 Å². The van der Waals surface area contributed by atoms with Crippen LogP contribution in [0, 0.1) is 5.92 Å². The van der Waals surface area contributed by atoms with Crippen LogP contribution in [0.15, 0.2) is 30.5 Å². The predicted octanol–water partition coefficient (Wildman–Crippen LogP) is 3.27. The minimum absolute atomic E-state index is 0.399. The fraction of sp³-hybridized carbons (Fsp3) is 0.267. The van der Waals surface area contributed by atoms with Crippen LogP contribution < -0.4 is 4.90 Å². The highest BCUT2D eigenvalue weighted by Gasteiger charge is 2.17. The van der Waals surface area contributed by atoms with E-state index in [1.807, 2.05) is 42.4 Å². The first-order chi connectivity index (χ1) is 10.9. The molecule has 120 valence electrons. The second-order valence-corrected chi connectivity index (χ2v) is 6.74. The molecular formula is C15H15ClN4O2S. The molecule has 1 aromatic carbocycles. The summed E-state index contributed by atoms with van der Waals surface area (Å²) in [6, 6.07) is 7.47. The van der Waals surface area contributed by atoms with Gasteiger partial charge in [0.15, 0.2) is 0 Å². The highest BCUT2D eigenvalue weighted by Crippen LogP contribution is 2.27. The van der Waals surface area contributed by atoms with E-state index >= 15 is 0 Å². The third-order valence-electron chi connectivity index (χ3n) is 3.47. The van der Waals surface area contributed by atoms with Crippen molar-refractivity contribution in [2.45, 2.75) is 6.92 Å². The molecule has 23 heavy (non-hydrogen) atoms. The van der Waals surface area contributed by atoms with Crippen LogP contribution in [-0.2, 0) is 4.79 Å². The van der Waals surface area contributed by atoms with Gasteiger partial charge in [-0.1, -0.05) is 42.0 Å². The van der Waals surface area contributed by atoms with E-state index in [-0.39, 0.29) is 0 Å². The maximum absolute atomic E-state index is 10.9. The average Bonchev–Trinajstić information content (AvgIpc) is 3.06. The summed E-state index contributed by atoms with van der Waals surface area (Å²) >= 11 is 7.32. The minimum atomic E-state index is -0.816. The van der Waals surface area contributed by atoms with Crippen molar-refractivity contribution >= 4 is 39.0 Å². The highest BCUT2D eigenvalue weighted by molar-refractivity contribution is 7.20. The summed E-state index contributed by atoms with van der Waals surface area (Å²) < 4.78 is 1.71. The fourth-order valence-electron chi connectivity index (χ4n) is 2.17. The molecule has 1 atom stereocenters. The molecule has 0 aliphatic heterocycles. The Morgan fingerprint density at radius 2 is 2.13 bits per heavy atom. The van der Waals surface area contributed by atoms with Crippen molar-refractivity contribution in [3.8, 4) is 11.3 Å². The number of nitrogens with zero attached hydrogens (tertiary/aromatic N) is 4. The Labute approximate surface area is 141 Å². The largest absolute Gasteiger partial charge is 0.481 e. The molecule has 1 unspecified atom stereocenters. The van der Waals surface area contributed by atoms with Crippen LogP contribution in [0.5, 0.6) is 0 Å². The van der Waals surface area contributed by atoms with Crippen molar-refractivity contribution in [1.29, 1.82) is 0 Å². The van der Waals surface area contributed by atoms with Crippen LogP contribution >= 0.6 is 22.9 Å². The first-order valence-corrected chi connectivity index (χ1v) is 8.19. The molecule has 8 heteroatoms. The zero-order chi connectivity index (χ0) is 16.6. The van der Waals surface area contributed by atoms with Crippen LogP contribution in [0.1, 0.15) is 6.92 Å². The number of carboxylic acid groups (broad SMARTS) is 1. The fourth-order valence-corrected chi connectivity index (χ4v) is 3.15. The van der Waals surface area contributed by atoms with Gasteiger partial charge in [0, 0.05) is 24.2 Å². The number of fused-ring (bicyclic) bond motifs is 1. The van der Waals surface area contributed by atoms with E-state index in [1.165, 1.54) is 11.3 Å². The second-order valence-electron chi connectivity index (χ2n) is 5.36. The number of carboxylic acids is 1. The Balaban J connectivity index is 1.83. The maximum Gasteiger partial charge on any atom is 0.308 e. The zero-order valence-corrected chi connectivity index (χ0v) is 14.2. The molecule has 0 aliphatic carbocycles. The summed E-state index contributed by atoms with van der Waals surface area (Å²) in [7, 11) is 1.83. The van der Waals surface area contributed by atoms with E-state index in [1.54, 1.807) is 11.4 Å². The van der Waals surface area contributed by atoms with E-state index in [9.17, 15) is 4.79 Å². The molecule has 0 saturated carbocycles.